The molecule has 1 heterocycles. The van der Waals surface area contributed by atoms with E-state index in [4.69, 9.17) is 9.84 Å². The van der Waals surface area contributed by atoms with E-state index in [1.54, 1.807) is 11.7 Å². The summed E-state index contributed by atoms with van der Waals surface area (Å²) in [7, 11) is 3.40. The number of carbonyl (C=O) groups is 2. The van der Waals surface area contributed by atoms with Gasteiger partial charge in [-0.15, -0.1) is 0 Å². The molecule has 1 aromatic heterocycles. The molecule has 2 atom stereocenters. The molecule has 0 bridgehead atoms. The van der Waals surface area contributed by atoms with E-state index in [0.717, 1.165) is 11.9 Å². The molecule has 24 heavy (non-hydrogen) atoms. The molecule has 1 saturated carbocycles. The molecule has 2 unspecified atom stereocenters. The van der Waals surface area contributed by atoms with Crippen LogP contribution < -0.4 is 10.1 Å². The maximum atomic E-state index is 12.5. The Morgan fingerprint density at radius 3 is 2.79 bits per heavy atom. The van der Waals surface area contributed by atoms with Crippen molar-refractivity contribution in [2.45, 2.75) is 25.7 Å². The standard InChI is InChI=1S/C17H21N3O4/c1-20-12-7-4-8-13(24-2)14(12)18-17(20)19-15(21)10-5-3-6-11(9-10)16(22)23/h4,7-8,10-11H,3,5-6,9H2,1-2H3,(H,22,23)(H,18,19,21). The van der Waals surface area contributed by atoms with Crippen LogP contribution in [-0.2, 0) is 16.6 Å². The van der Waals surface area contributed by atoms with Crippen molar-refractivity contribution in [3.63, 3.8) is 0 Å². The third-order valence-electron chi connectivity index (χ3n) is 4.72. The van der Waals surface area contributed by atoms with Gasteiger partial charge < -0.3 is 14.4 Å². The Balaban J connectivity index is 1.80. The molecular weight excluding hydrogens is 310 g/mol. The van der Waals surface area contributed by atoms with E-state index in [1.165, 1.54) is 0 Å². The number of ether oxygens (including phenoxy) is 1. The summed E-state index contributed by atoms with van der Waals surface area (Å²) >= 11 is 0. The zero-order valence-electron chi connectivity index (χ0n) is 13.8. The summed E-state index contributed by atoms with van der Waals surface area (Å²) in [5.41, 5.74) is 1.54. The Hall–Kier alpha value is -2.57. The van der Waals surface area contributed by atoms with Crippen molar-refractivity contribution >= 4 is 28.9 Å². The number of amides is 1. The summed E-state index contributed by atoms with van der Waals surface area (Å²) in [5.74, 6) is -0.626. The molecule has 0 spiro atoms. The van der Waals surface area contributed by atoms with Crippen LogP contribution in [0, 0.1) is 11.8 Å². The van der Waals surface area contributed by atoms with Crippen LogP contribution >= 0.6 is 0 Å². The number of anilines is 1. The van der Waals surface area contributed by atoms with Crippen molar-refractivity contribution in [3.05, 3.63) is 18.2 Å². The van der Waals surface area contributed by atoms with E-state index in [1.807, 2.05) is 25.2 Å². The van der Waals surface area contributed by atoms with Crippen molar-refractivity contribution in [2.24, 2.45) is 18.9 Å². The summed E-state index contributed by atoms with van der Waals surface area (Å²) in [6.45, 7) is 0. The number of methoxy groups -OCH3 is 1. The molecule has 7 heteroatoms. The quantitative estimate of drug-likeness (QED) is 0.897. The van der Waals surface area contributed by atoms with Gasteiger partial charge in [-0.3, -0.25) is 14.9 Å². The van der Waals surface area contributed by atoms with Gasteiger partial charge in [-0.1, -0.05) is 12.5 Å². The molecule has 1 aliphatic carbocycles. The van der Waals surface area contributed by atoms with E-state index >= 15 is 0 Å². The van der Waals surface area contributed by atoms with Crippen LogP contribution in [0.3, 0.4) is 0 Å². The second-order valence-corrected chi connectivity index (χ2v) is 6.21. The van der Waals surface area contributed by atoms with Crippen molar-refractivity contribution in [1.82, 2.24) is 9.55 Å². The highest BCUT2D eigenvalue weighted by atomic mass is 16.5. The fourth-order valence-electron chi connectivity index (χ4n) is 3.33. The molecule has 7 nitrogen and oxygen atoms in total. The van der Waals surface area contributed by atoms with Crippen LogP contribution in [0.1, 0.15) is 25.7 Å². The molecular formula is C17H21N3O4. The first-order valence-electron chi connectivity index (χ1n) is 8.04. The van der Waals surface area contributed by atoms with Crippen LogP contribution in [-0.4, -0.2) is 33.6 Å². The zero-order chi connectivity index (χ0) is 17.3. The SMILES string of the molecule is COc1cccc2c1nc(NC(=O)C1CCCC(C(=O)O)C1)n2C. The number of benzene rings is 1. The smallest absolute Gasteiger partial charge is 0.306 e. The fraction of sp³-hybridized carbons (Fsp3) is 0.471. The van der Waals surface area contributed by atoms with Gasteiger partial charge in [0.05, 0.1) is 18.5 Å². The van der Waals surface area contributed by atoms with Gasteiger partial charge in [-0.25, -0.2) is 4.98 Å². The molecule has 0 aliphatic heterocycles. The van der Waals surface area contributed by atoms with E-state index in [9.17, 15) is 9.59 Å². The average molecular weight is 331 g/mol. The Kier molecular flexibility index (Phi) is 4.42. The Morgan fingerprint density at radius 1 is 1.33 bits per heavy atom. The van der Waals surface area contributed by atoms with E-state index in [-0.39, 0.29) is 11.8 Å². The topological polar surface area (TPSA) is 93.4 Å². The highest BCUT2D eigenvalue weighted by molar-refractivity contribution is 5.94. The summed E-state index contributed by atoms with van der Waals surface area (Å²) in [6.07, 6.45) is 2.49. The minimum Gasteiger partial charge on any atom is -0.494 e. The number of carboxylic acid groups (broad SMARTS) is 1. The lowest BCUT2D eigenvalue weighted by molar-refractivity contribution is -0.143. The Morgan fingerprint density at radius 2 is 2.08 bits per heavy atom. The number of hydrogen-bond donors (Lipinski definition) is 2. The number of aryl methyl sites for hydroxylation is 1. The molecule has 1 aromatic carbocycles. The van der Waals surface area contributed by atoms with Gasteiger partial charge in [0.15, 0.2) is 0 Å². The number of aromatic nitrogens is 2. The molecule has 2 N–H and O–H groups in total. The van der Waals surface area contributed by atoms with E-state index in [2.05, 4.69) is 10.3 Å². The number of fused-ring (bicyclic) bond motifs is 1. The predicted octanol–water partition coefficient (Wildman–Crippen LogP) is 2.41. The van der Waals surface area contributed by atoms with Crippen LogP contribution in [0.25, 0.3) is 11.0 Å². The third-order valence-corrected chi connectivity index (χ3v) is 4.72. The third kappa shape index (κ3) is 2.93. The van der Waals surface area contributed by atoms with Crippen LogP contribution in [0.5, 0.6) is 5.75 Å². The normalized spacial score (nSPS) is 20.8. The predicted molar refractivity (Wildman–Crippen MR) is 89.0 cm³/mol. The number of para-hydroxylation sites is 1. The molecule has 0 radical (unpaired) electrons. The highest BCUT2D eigenvalue weighted by Crippen LogP contribution is 2.31. The van der Waals surface area contributed by atoms with Gasteiger partial charge in [0.25, 0.3) is 0 Å². The largest absolute Gasteiger partial charge is 0.494 e. The summed E-state index contributed by atoms with van der Waals surface area (Å²) in [6, 6.07) is 5.59. The first kappa shape index (κ1) is 16.3. The van der Waals surface area contributed by atoms with Crippen molar-refractivity contribution in [3.8, 4) is 5.75 Å². The first-order chi connectivity index (χ1) is 11.5. The highest BCUT2D eigenvalue weighted by Gasteiger charge is 2.31. The van der Waals surface area contributed by atoms with Crippen molar-refractivity contribution in [1.29, 1.82) is 0 Å². The number of nitrogens with one attached hydrogen (secondary N) is 1. The van der Waals surface area contributed by atoms with Gasteiger partial charge in [0.1, 0.15) is 11.3 Å². The first-order valence-corrected chi connectivity index (χ1v) is 8.04. The summed E-state index contributed by atoms with van der Waals surface area (Å²) in [4.78, 5) is 28.2. The maximum absolute atomic E-state index is 12.5. The van der Waals surface area contributed by atoms with Crippen molar-refractivity contribution in [2.75, 3.05) is 12.4 Å². The van der Waals surface area contributed by atoms with E-state index in [0.29, 0.717) is 36.5 Å². The molecule has 1 fully saturated rings. The monoisotopic (exact) mass is 331 g/mol. The molecule has 1 aliphatic rings. The molecule has 128 valence electrons. The van der Waals surface area contributed by atoms with Crippen LogP contribution in [0.15, 0.2) is 18.2 Å². The zero-order valence-corrected chi connectivity index (χ0v) is 13.8. The Bertz CT molecular complexity index is 783. The molecule has 1 amide bonds. The Labute approximate surface area is 139 Å². The average Bonchev–Trinajstić information content (AvgIpc) is 2.91. The molecule has 2 aromatic rings. The number of rotatable bonds is 4. The van der Waals surface area contributed by atoms with Gasteiger partial charge in [0.2, 0.25) is 11.9 Å². The van der Waals surface area contributed by atoms with Crippen LogP contribution in [0.4, 0.5) is 5.95 Å². The summed E-state index contributed by atoms with van der Waals surface area (Å²) in [5, 5.41) is 12.0. The lowest BCUT2D eigenvalue weighted by Crippen LogP contribution is -2.31. The minimum atomic E-state index is -0.819. The van der Waals surface area contributed by atoms with Crippen molar-refractivity contribution < 1.29 is 19.4 Å². The molecule has 3 rings (SSSR count). The van der Waals surface area contributed by atoms with Gasteiger partial charge in [0, 0.05) is 13.0 Å². The molecule has 0 saturated heterocycles. The number of carbonyl (C=O) groups excluding carboxylic acids is 1. The minimum absolute atomic E-state index is 0.168. The van der Waals surface area contributed by atoms with Gasteiger partial charge in [-0.2, -0.15) is 0 Å². The van der Waals surface area contributed by atoms with Gasteiger partial charge in [-0.05, 0) is 31.4 Å². The maximum Gasteiger partial charge on any atom is 0.306 e. The lowest BCUT2D eigenvalue weighted by Gasteiger charge is -2.25. The second kappa shape index (κ2) is 6.51. The second-order valence-electron chi connectivity index (χ2n) is 6.21. The number of nitrogens with zero attached hydrogens (tertiary/aromatic N) is 2. The van der Waals surface area contributed by atoms with Crippen LogP contribution in [0.2, 0.25) is 0 Å². The number of imidazole rings is 1. The number of hydrogen-bond acceptors (Lipinski definition) is 4. The summed E-state index contributed by atoms with van der Waals surface area (Å²) < 4.78 is 7.10. The van der Waals surface area contributed by atoms with Gasteiger partial charge >= 0.3 is 5.97 Å². The number of carboxylic acids is 1. The van der Waals surface area contributed by atoms with E-state index < -0.39 is 11.9 Å². The number of aliphatic carboxylic acids is 1. The fourth-order valence-corrected chi connectivity index (χ4v) is 3.33. The lowest BCUT2D eigenvalue weighted by atomic mass is 9.81.